The highest BCUT2D eigenvalue weighted by Gasteiger charge is 2.09. The number of thiophene rings is 1. The number of hydrogen-bond donors (Lipinski definition) is 1. The van der Waals surface area contributed by atoms with Gasteiger partial charge in [0.15, 0.2) is 0 Å². The number of rotatable bonds is 3. The second-order valence-electron chi connectivity index (χ2n) is 3.86. The number of amides is 1. The standard InChI is InChI=1S/C12H8ClN5OS/c13-11-5-4-10(20-11)12(19)15-8-2-1-3-9(6-8)18-7-14-16-17-18/h1-7H,(H,15,19). The number of nitrogens with zero attached hydrogens (tertiary/aromatic N) is 4. The molecule has 6 nitrogen and oxygen atoms in total. The Labute approximate surface area is 123 Å². The van der Waals surface area contributed by atoms with Gasteiger partial charge in [-0.2, -0.15) is 0 Å². The molecule has 0 radical (unpaired) electrons. The van der Waals surface area contributed by atoms with Gasteiger partial charge in [-0.15, -0.1) is 16.4 Å². The molecule has 1 N–H and O–H groups in total. The van der Waals surface area contributed by atoms with E-state index in [2.05, 4.69) is 20.8 Å². The number of hydrogen-bond acceptors (Lipinski definition) is 5. The maximum atomic E-state index is 12.0. The van der Waals surface area contributed by atoms with Gasteiger partial charge in [0.2, 0.25) is 0 Å². The van der Waals surface area contributed by atoms with Crippen LogP contribution >= 0.6 is 22.9 Å². The van der Waals surface area contributed by atoms with Gasteiger partial charge in [-0.3, -0.25) is 4.79 Å². The Morgan fingerprint density at radius 1 is 1.30 bits per heavy atom. The van der Waals surface area contributed by atoms with E-state index < -0.39 is 0 Å². The van der Waals surface area contributed by atoms with Crippen LogP contribution in [0.4, 0.5) is 5.69 Å². The highest BCUT2D eigenvalue weighted by molar-refractivity contribution is 7.18. The van der Waals surface area contributed by atoms with Gasteiger partial charge in [-0.25, -0.2) is 4.68 Å². The molecule has 8 heteroatoms. The van der Waals surface area contributed by atoms with Crippen LogP contribution in [0.25, 0.3) is 5.69 Å². The first-order valence-electron chi connectivity index (χ1n) is 5.62. The van der Waals surface area contributed by atoms with Crippen LogP contribution in [0, 0.1) is 0 Å². The summed E-state index contributed by atoms with van der Waals surface area (Å²) in [6.07, 6.45) is 1.49. The largest absolute Gasteiger partial charge is 0.321 e. The van der Waals surface area contributed by atoms with Crippen molar-refractivity contribution in [3.8, 4) is 5.69 Å². The summed E-state index contributed by atoms with van der Waals surface area (Å²) in [5.41, 5.74) is 1.42. The number of carbonyl (C=O) groups is 1. The first-order chi connectivity index (χ1) is 9.72. The van der Waals surface area contributed by atoms with Gasteiger partial charge >= 0.3 is 0 Å². The Hall–Kier alpha value is -2.25. The van der Waals surface area contributed by atoms with Gasteiger partial charge in [0.05, 0.1) is 14.9 Å². The Morgan fingerprint density at radius 3 is 2.90 bits per heavy atom. The minimum atomic E-state index is -0.198. The Balaban J connectivity index is 1.81. The molecule has 0 saturated carbocycles. The number of tetrazole rings is 1. The maximum Gasteiger partial charge on any atom is 0.265 e. The number of aromatic nitrogens is 4. The lowest BCUT2D eigenvalue weighted by Crippen LogP contribution is -2.10. The summed E-state index contributed by atoms with van der Waals surface area (Å²) in [6, 6.07) is 10.6. The molecule has 0 spiro atoms. The predicted molar refractivity (Wildman–Crippen MR) is 76.4 cm³/mol. The fourth-order valence-electron chi connectivity index (χ4n) is 1.63. The molecular formula is C12H8ClN5OS. The molecular weight excluding hydrogens is 298 g/mol. The van der Waals surface area contributed by atoms with Crippen LogP contribution < -0.4 is 5.32 Å². The summed E-state index contributed by atoms with van der Waals surface area (Å²) in [7, 11) is 0. The van der Waals surface area contributed by atoms with Crippen molar-refractivity contribution in [2.75, 3.05) is 5.32 Å². The van der Waals surface area contributed by atoms with Crippen molar-refractivity contribution in [2.24, 2.45) is 0 Å². The van der Waals surface area contributed by atoms with E-state index in [1.165, 1.54) is 22.3 Å². The van der Waals surface area contributed by atoms with Crippen molar-refractivity contribution in [3.63, 3.8) is 0 Å². The van der Waals surface area contributed by atoms with E-state index in [0.29, 0.717) is 14.9 Å². The van der Waals surface area contributed by atoms with Crippen molar-refractivity contribution in [3.05, 3.63) is 51.9 Å². The van der Waals surface area contributed by atoms with Crippen molar-refractivity contribution >= 4 is 34.5 Å². The molecule has 0 fully saturated rings. The zero-order valence-electron chi connectivity index (χ0n) is 10.0. The number of nitrogens with one attached hydrogen (secondary N) is 1. The molecule has 0 bridgehead atoms. The fraction of sp³-hybridized carbons (Fsp3) is 0. The van der Waals surface area contributed by atoms with E-state index in [1.807, 2.05) is 12.1 Å². The zero-order chi connectivity index (χ0) is 13.9. The molecule has 1 amide bonds. The molecule has 0 atom stereocenters. The molecule has 0 aliphatic heterocycles. The van der Waals surface area contributed by atoms with Gasteiger partial charge in [0, 0.05) is 5.69 Å². The molecule has 2 heterocycles. The predicted octanol–water partition coefficient (Wildman–Crippen LogP) is 2.63. The van der Waals surface area contributed by atoms with E-state index in [0.717, 1.165) is 5.69 Å². The Morgan fingerprint density at radius 2 is 2.20 bits per heavy atom. The number of halogens is 1. The monoisotopic (exact) mass is 305 g/mol. The summed E-state index contributed by atoms with van der Waals surface area (Å²) in [5.74, 6) is -0.198. The van der Waals surface area contributed by atoms with Crippen LogP contribution in [0.3, 0.4) is 0 Å². The number of anilines is 1. The van der Waals surface area contributed by atoms with Crippen molar-refractivity contribution in [1.82, 2.24) is 20.2 Å². The normalized spacial score (nSPS) is 10.4. The van der Waals surface area contributed by atoms with E-state index >= 15 is 0 Å². The highest BCUT2D eigenvalue weighted by atomic mass is 35.5. The van der Waals surface area contributed by atoms with Gasteiger partial charge < -0.3 is 5.32 Å². The molecule has 0 unspecified atom stereocenters. The van der Waals surface area contributed by atoms with Gasteiger partial charge in [0.25, 0.3) is 5.91 Å². The van der Waals surface area contributed by atoms with Crippen LogP contribution in [-0.4, -0.2) is 26.1 Å². The van der Waals surface area contributed by atoms with Crippen LogP contribution in [0.5, 0.6) is 0 Å². The summed E-state index contributed by atoms with van der Waals surface area (Å²) < 4.78 is 2.09. The highest BCUT2D eigenvalue weighted by Crippen LogP contribution is 2.22. The molecule has 0 aliphatic carbocycles. The topological polar surface area (TPSA) is 72.7 Å². The summed E-state index contributed by atoms with van der Waals surface area (Å²) >= 11 is 7.05. The number of carbonyl (C=O) groups excluding carboxylic acids is 1. The fourth-order valence-corrected chi connectivity index (χ4v) is 2.57. The lowest BCUT2D eigenvalue weighted by molar-refractivity contribution is 0.103. The molecule has 20 heavy (non-hydrogen) atoms. The third-order valence-electron chi connectivity index (χ3n) is 2.51. The van der Waals surface area contributed by atoms with Crippen molar-refractivity contribution in [1.29, 1.82) is 0 Å². The molecule has 3 rings (SSSR count). The third-order valence-corrected chi connectivity index (χ3v) is 3.74. The molecule has 100 valence electrons. The van der Waals surface area contributed by atoms with Crippen LogP contribution in [0.15, 0.2) is 42.7 Å². The molecule has 2 aromatic heterocycles. The van der Waals surface area contributed by atoms with E-state index in [4.69, 9.17) is 11.6 Å². The molecule has 3 aromatic rings. The Kier molecular flexibility index (Phi) is 3.44. The molecule has 0 aliphatic rings. The summed E-state index contributed by atoms with van der Waals surface area (Å²) in [4.78, 5) is 12.6. The summed E-state index contributed by atoms with van der Waals surface area (Å²) in [6.45, 7) is 0. The third kappa shape index (κ3) is 2.68. The number of benzene rings is 1. The van der Waals surface area contributed by atoms with Crippen LogP contribution in [0.2, 0.25) is 4.34 Å². The second-order valence-corrected chi connectivity index (χ2v) is 5.58. The van der Waals surface area contributed by atoms with Crippen LogP contribution in [-0.2, 0) is 0 Å². The quantitative estimate of drug-likeness (QED) is 0.807. The average molecular weight is 306 g/mol. The minimum absolute atomic E-state index is 0.198. The Bertz CT molecular complexity index is 740. The lowest BCUT2D eigenvalue weighted by atomic mass is 10.2. The van der Waals surface area contributed by atoms with Crippen LogP contribution in [0.1, 0.15) is 9.67 Å². The zero-order valence-corrected chi connectivity index (χ0v) is 11.6. The molecule has 1 aromatic carbocycles. The lowest BCUT2D eigenvalue weighted by Gasteiger charge is -2.05. The second kappa shape index (κ2) is 5.40. The van der Waals surface area contributed by atoms with Gasteiger partial charge in [-0.05, 0) is 40.8 Å². The summed E-state index contributed by atoms with van der Waals surface area (Å²) in [5, 5.41) is 13.7. The van der Waals surface area contributed by atoms with E-state index in [1.54, 1.807) is 24.3 Å². The van der Waals surface area contributed by atoms with Gasteiger partial charge in [-0.1, -0.05) is 17.7 Å². The van der Waals surface area contributed by atoms with E-state index in [-0.39, 0.29) is 5.91 Å². The maximum absolute atomic E-state index is 12.0. The van der Waals surface area contributed by atoms with Crippen molar-refractivity contribution < 1.29 is 4.79 Å². The SMILES string of the molecule is O=C(Nc1cccc(-n2cnnn2)c1)c1ccc(Cl)s1. The van der Waals surface area contributed by atoms with Crippen molar-refractivity contribution in [2.45, 2.75) is 0 Å². The smallest absolute Gasteiger partial charge is 0.265 e. The van der Waals surface area contributed by atoms with E-state index in [9.17, 15) is 4.79 Å². The minimum Gasteiger partial charge on any atom is -0.321 e. The average Bonchev–Trinajstić information content (AvgIpc) is 3.10. The first kappa shape index (κ1) is 12.8. The first-order valence-corrected chi connectivity index (χ1v) is 6.82. The molecule has 0 saturated heterocycles. The van der Waals surface area contributed by atoms with Gasteiger partial charge in [0.1, 0.15) is 6.33 Å².